The van der Waals surface area contributed by atoms with Crippen molar-refractivity contribution in [2.45, 2.75) is 26.3 Å². The van der Waals surface area contributed by atoms with Crippen LogP contribution in [-0.4, -0.2) is 31.2 Å². The average molecular weight is 329 g/mol. The summed E-state index contributed by atoms with van der Waals surface area (Å²) in [6.07, 6.45) is 2.44. The molecule has 1 heterocycles. The highest BCUT2D eigenvalue weighted by molar-refractivity contribution is 5.94. The van der Waals surface area contributed by atoms with E-state index in [0.717, 1.165) is 12.1 Å². The van der Waals surface area contributed by atoms with Crippen LogP contribution in [0.15, 0.2) is 36.5 Å². The van der Waals surface area contributed by atoms with Crippen molar-refractivity contribution in [3.05, 3.63) is 42.1 Å². The minimum atomic E-state index is -0.116. The third-order valence-corrected chi connectivity index (χ3v) is 3.67. The molecule has 0 aliphatic carbocycles. The summed E-state index contributed by atoms with van der Waals surface area (Å²) in [5, 5.41) is 6.08. The molecule has 0 bridgehead atoms. The summed E-state index contributed by atoms with van der Waals surface area (Å²) in [4.78, 5) is 16.3. The predicted molar refractivity (Wildman–Crippen MR) is 94.3 cm³/mol. The molecule has 0 saturated carbocycles. The van der Waals surface area contributed by atoms with Gasteiger partial charge in [-0.2, -0.15) is 0 Å². The van der Waals surface area contributed by atoms with Gasteiger partial charge in [0.1, 0.15) is 5.82 Å². The number of hydrogen-bond acceptors (Lipinski definition) is 5. The monoisotopic (exact) mass is 329 g/mol. The highest BCUT2D eigenvalue weighted by Crippen LogP contribution is 2.30. The Morgan fingerprint density at radius 1 is 1.17 bits per heavy atom. The lowest BCUT2D eigenvalue weighted by Gasteiger charge is -2.12. The summed E-state index contributed by atoms with van der Waals surface area (Å²) >= 11 is 0. The van der Waals surface area contributed by atoms with E-state index in [9.17, 15) is 4.79 Å². The number of anilines is 2. The van der Waals surface area contributed by atoms with Gasteiger partial charge in [-0.1, -0.05) is 6.92 Å². The Bertz CT molecular complexity index is 686. The van der Waals surface area contributed by atoms with Crippen molar-refractivity contribution in [3.63, 3.8) is 0 Å². The van der Waals surface area contributed by atoms with E-state index in [4.69, 9.17) is 9.47 Å². The molecule has 0 aliphatic heterocycles. The molecular weight excluding hydrogens is 306 g/mol. The van der Waals surface area contributed by atoms with Crippen LogP contribution in [0.3, 0.4) is 0 Å². The number of ether oxygens (including phenoxy) is 2. The van der Waals surface area contributed by atoms with Crippen molar-refractivity contribution >= 4 is 17.4 Å². The van der Waals surface area contributed by atoms with Crippen LogP contribution in [0.1, 0.15) is 30.6 Å². The number of nitrogens with one attached hydrogen (secondary N) is 2. The van der Waals surface area contributed by atoms with Crippen LogP contribution in [-0.2, 0) is 0 Å². The largest absolute Gasteiger partial charge is 0.493 e. The molecule has 1 amide bonds. The molecule has 1 atom stereocenters. The lowest BCUT2D eigenvalue weighted by molar-refractivity contribution is 0.0939. The maximum absolute atomic E-state index is 12.0. The molecule has 24 heavy (non-hydrogen) atoms. The van der Waals surface area contributed by atoms with Crippen molar-refractivity contribution in [2.75, 3.05) is 19.5 Å². The van der Waals surface area contributed by atoms with Crippen LogP contribution in [0, 0.1) is 0 Å². The maximum Gasteiger partial charge on any atom is 0.253 e. The second-order valence-corrected chi connectivity index (χ2v) is 5.41. The third kappa shape index (κ3) is 4.38. The number of methoxy groups -OCH3 is 2. The van der Waals surface area contributed by atoms with E-state index in [-0.39, 0.29) is 11.9 Å². The summed E-state index contributed by atoms with van der Waals surface area (Å²) in [6, 6.07) is 9.16. The molecule has 1 aromatic heterocycles. The van der Waals surface area contributed by atoms with Crippen LogP contribution >= 0.6 is 0 Å². The number of hydrogen-bond donors (Lipinski definition) is 2. The van der Waals surface area contributed by atoms with Gasteiger partial charge >= 0.3 is 0 Å². The van der Waals surface area contributed by atoms with Gasteiger partial charge in [0, 0.05) is 24.0 Å². The molecule has 2 rings (SSSR count). The molecule has 0 aliphatic rings. The number of benzene rings is 1. The van der Waals surface area contributed by atoms with Gasteiger partial charge in [-0.05, 0) is 37.6 Å². The van der Waals surface area contributed by atoms with Gasteiger partial charge in [0.15, 0.2) is 11.5 Å². The first kappa shape index (κ1) is 17.6. The number of rotatable bonds is 7. The standard InChI is InChI=1S/C18H23N3O3/c1-5-12(2)20-18(22)13-6-9-17(19-11-13)21-14-7-8-15(23-3)16(10-14)24-4/h6-12H,5H2,1-4H3,(H,19,21)(H,20,22). The van der Waals surface area contributed by atoms with Crippen LogP contribution in [0.4, 0.5) is 11.5 Å². The summed E-state index contributed by atoms with van der Waals surface area (Å²) in [5.74, 6) is 1.82. The Balaban J connectivity index is 2.07. The zero-order chi connectivity index (χ0) is 17.5. The smallest absolute Gasteiger partial charge is 0.253 e. The molecule has 128 valence electrons. The van der Waals surface area contributed by atoms with Gasteiger partial charge in [-0.25, -0.2) is 4.98 Å². The van der Waals surface area contributed by atoms with E-state index in [1.165, 1.54) is 0 Å². The Kier molecular flexibility index (Phi) is 6.01. The van der Waals surface area contributed by atoms with E-state index in [1.807, 2.05) is 32.0 Å². The molecule has 0 fully saturated rings. The summed E-state index contributed by atoms with van der Waals surface area (Å²) in [7, 11) is 3.18. The molecule has 0 spiro atoms. The highest BCUT2D eigenvalue weighted by Gasteiger charge is 2.09. The maximum atomic E-state index is 12.0. The molecular formula is C18H23N3O3. The van der Waals surface area contributed by atoms with Crippen LogP contribution in [0.5, 0.6) is 11.5 Å². The molecule has 2 N–H and O–H groups in total. The van der Waals surface area contributed by atoms with Gasteiger partial charge in [0.25, 0.3) is 5.91 Å². The summed E-state index contributed by atoms with van der Waals surface area (Å²) < 4.78 is 10.5. The van der Waals surface area contributed by atoms with E-state index in [1.54, 1.807) is 32.5 Å². The Hall–Kier alpha value is -2.76. The second kappa shape index (κ2) is 8.19. The number of amides is 1. The van der Waals surface area contributed by atoms with E-state index in [0.29, 0.717) is 22.9 Å². The Morgan fingerprint density at radius 2 is 1.92 bits per heavy atom. The molecule has 0 radical (unpaired) electrons. The number of nitrogens with zero attached hydrogens (tertiary/aromatic N) is 1. The van der Waals surface area contributed by atoms with Crippen molar-refractivity contribution < 1.29 is 14.3 Å². The predicted octanol–water partition coefficient (Wildman–Crippen LogP) is 3.37. The minimum Gasteiger partial charge on any atom is -0.493 e. The summed E-state index contributed by atoms with van der Waals surface area (Å²) in [6.45, 7) is 4.00. The average Bonchev–Trinajstić information content (AvgIpc) is 2.61. The van der Waals surface area contributed by atoms with Crippen molar-refractivity contribution in [1.82, 2.24) is 10.3 Å². The fraction of sp³-hybridized carbons (Fsp3) is 0.333. The quantitative estimate of drug-likeness (QED) is 0.815. The fourth-order valence-corrected chi connectivity index (χ4v) is 2.07. The van der Waals surface area contributed by atoms with Crippen molar-refractivity contribution in [1.29, 1.82) is 0 Å². The summed E-state index contributed by atoms with van der Waals surface area (Å²) in [5.41, 5.74) is 1.35. The Labute approximate surface area is 142 Å². The van der Waals surface area contributed by atoms with Crippen LogP contribution in [0.2, 0.25) is 0 Å². The van der Waals surface area contributed by atoms with Gasteiger partial charge in [0.05, 0.1) is 19.8 Å². The number of carbonyl (C=O) groups excluding carboxylic acids is 1. The SMILES string of the molecule is CCC(C)NC(=O)c1ccc(Nc2ccc(OC)c(OC)c2)nc1. The zero-order valence-electron chi connectivity index (χ0n) is 14.4. The molecule has 2 aromatic rings. The van der Waals surface area contributed by atoms with E-state index < -0.39 is 0 Å². The first-order chi connectivity index (χ1) is 11.6. The third-order valence-electron chi connectivity index (χ3n) is 3.67. The normalized spacial score (nSPS) is 11.5. The van der Waals surface area contributed by atoms with Crippen molar-refractivity contribution in [2.24, 2.45) is 0 Å². The molecule has 6 heteroatoms. The fourth-order valence-electron chi connectivity index (χ4n) is 2.07. The second-order valence-electron chi connectivity index (χ2n) is 5.41. The lowest BCUT2D eigenvalue weighted by Crippen LogP contribution is -2.31. The molecule has 1 aromatic carbocycles. The zero-order valence-corrected chi connectivity index (χ0v) is 14.4. The van der Waals surface area contributed by atoms with Gasteiger partial charge < -0.3 is 20.1 Å². The number of aromatic nitrogens is 1. The van der Waals surface area contributed by atoms with E-state index >= 15 is 0 Å². The Morgan fingerprint density at radius 3 is 2.50 bits per heavy atom. The molecule has 6 nitrogen and oxygen atoms in total. The highest BCUT2D eigenvalue weighted by atomic mass is 16.5. The topological polar surface area (TPSA) is 72.5 Å². The van der Waals surface area contributed by atoms with Gasteiger partial charge in [-0.15, -0.1) is 0 Å². The van der Waals surface area contributed by atoms with E-state index in [2.05, 4.69) is 15.6 Å². The first-order valence-corrected chi connectivity index (χ1v) is 7.83. The van der Waals surface area contributed by atoms with Gasteiger partial charge in [0.2, 0.25) is 0 Å². The minimum absolute atomic E-state index is 0.116. The van der Waals surface area contributed by atoms with Crippen molar-refractivity contribution in [3.8, 4) is 11.5 Å². The number of pyridine rings is 1. The van der Waals surface area contributed by atoms with Crippen LogP contribution in [0.25, 0.3) is 0 Å². The van der Waals surface area contributed by atoms with Gasteiger partial charge in [-0.3, -0.25) is 4.79 Å². The number of carbonyl (C=O) groups is 1. The molecule has 1 unspecified atom stereocenters. The lowest BCUT2D eigenvalue weighted by atomic mass is 10.2. The first-order valence-electron chi connectivity index (χ1n) is 7.83. The van der Waals surface area contributed by atoms with Crippen LogP contribution < -0.4 is 20.1 Å². The molecule has 0 saturated heterocycles.